The van der Waals surface area contributed by atoms with Crippen molar-refractivity contribution < 1.29 is 14.3 Å². The van der Waals surface area contributed by atoms with Gasteiger partial charge in [-0.25, -0.2) is 4.39 Å². The van der Waals surface area contributed by atoms with Gasteiger partial charge in [-0.1, -0.05) is 12.1 Å². The molecule has 2 nitrogen and oxygen atoms in total. The highest BCUT2D eigenvalue weighted by Crippen LogP contribution is 2.61. The molecule has 1 saturated carbocycles. The lowest BCUT2D eigenvalue weighted by atomic mass is 10.0. The average Bonchev–Trinajstić information content (AvgIpc) is 2.73. The minimum atomic E-state index is -0.741. The number of aliphatic carboxylic acids is 1. The molecule has 0 radical (unpaired) electrons. The summed E-state index contributed by atoms with van der Waals surface area (Å²) in [5.74, 6) is -0.948. The topological polar surface area (TPSA) is 37.3 Å². The van der Waals surface area contributed by atoms with Gasteiger partial charge >= 0.3 is 5.97 Å². The van der Waals surface area contributed by atoms with Gasteiger partial charge < -0.3 is 5.11 Å². The van der Waals surface area contributed by atoms with Crippen molar-refractivity contribution in [3.05, 3.63) is 35.1 Å². The van der Waals surface area contributed by atoms with Crippen LogP contribution in [0.5, 0.6) is 0 Å². The molecule has 3 heteroatoms. The third-order valence-electron chi connectivity index (χ3n) is 3.41. The fourth-order valence-corrected chi connectivity index (χ4v) is 2.73. The van der Waals surface area contributed by atoms with Crippen molar-refractivity contribution in [2.24, 2.45) is 11.8 Å². The maximum absolute atomic E-state index is 13.3. The summed E-state index contributed by atoms with van der Waals surface area (Å²) in [4.78, 5) is 10.8. The summed E-state index contributed by atoms with van der Waals surface area (Å²) in [7, 11) is 0. The number of benzene rings is 1. The second-order valence-electron chi connectivity index (χ2n) is 4.07. The van der Waals surface area contributed by atoms with Crippen molar-refractivity contribution in [2.75, 3.05) is 0 Å². The first-order valence-corrected chi connectivity index (χ1v) is 4.70. The zero-order chi connectivity index (χ0) is 9.87. The predicted molar refractivity (Wildman–Crippen MR) is 47.5 cm³/mol. The summed E-state index contributed by atoms with van der Waals surface area (Å²) in [6.45, 7) is 0. The minimum Gasteiger partial charge on any atom is -0.481 e. The molecule has 0 amide bonds. The molecule has 2 aliphatic rings. The first kappa shape index (κ1) is 7.97. The zero-order valence-electron chi connectivity index (χ0n) is 7.40. The van der Waals surface area contributed by atoms with Crippen molar-refractivity contribution in [1.82, 2.24) is 0 Å². The van der Waals surface area contributed by atoms with E-state index < -0.39 is 5.97 Å². The molecule has 1 N–H and O–H groups in total. The van der Waals surface area contributed by atoms with Crippen molar-refractivity contribution in [3.63, 3.8) is 0 Å². The Balaban J connectivity index is 2.03. The summed E-state index contributed by atoms with van der Waals surface area (Å²) in [6.07, 6.45) is 0.601. The molecule has 0 spiro atoms. The Bertz CT molecular complexity index is 427. The molecule has 0 unspecified atom stereocenters. The second kappa shape index (κ2) is 2.35. The van der Waals surface area contributed by atoms with Crippen LogP contribution in [0.3, 0.4) is 0 Å². The van der Waals surface area contributed by atoms with Crippen molar-refractivity contribution in [3.8, 4) is 0 Å². The number of rotatable bonds is 1. The predicted octanol–water partition coefficient (Wildman–Crippen LogP) is 1.80. The first-order valence-electron chi connectivity index (χ1n) is 4.70. The molecule has 0 aromatic heterocycles. The van der Waals surface area contributed by atoms with E-state index in [9.17, 15) is 9.18 Å². The van der Waals surface area contributed by atoms with Crippen molar-refractivity contribution >= 4 is 5.97 Å². The number of hydrogen-bond acceptors (Lipinski definition) is 1. The lowest BCUT2D eigenvalue weighted by Gasteiger charge is -2.05. The van der Waals surface area contributed by atoms with E-state index in [-0.39, 0.29) is 23.6 Å². The third-order valence-corrected chi connectivity index (χ3v) is 3.41. The number of hydrogen-bond donors (Lipinski definition) is 1. The van der Waals surface area contributed by atoms with Crippen LogP contribution in [0.1, 0.15) is 17.0 Å². The van der Waals surface area contributed by atoms with Gasteiger partial charge in [0, 0.05) is 5.92 Å². The molecular weight excluding hydrogens is 183 g/mol. The van der Waals surface area contributed by atoms with Gasteiger partial charge in [0.15, 0.2) is 0 Å². The summed E-state index contributed by atoms with van der Waals surface area (Å²) in [5, 5.41) is 8.86. The second-order valence-corrected chi connectivity index (χ2v) is 4.07. The molecule has 0 aliphatic heterocycles. The smallest absolute Gasteiger partial charge is 0.307 e. The van der Waals surface area contributed by atoms with Gasteiger partial charge in [-0.05, 0) is 29.5 Å². The summed E-state index contributed by atoms with van der Waals surface area (Å²) < 4.78 is 13.3. The molecule has 0 heterocycles. The molecule has 1 aromatic rings. The Morgan fingerprint density at radius 3 is 3.00 bits per heavy atom. The highest BCUT2D eigenvalue weighted by atomic mass is 19.1. The fraction of sp³-hybridized carbons (Fsp3) is 0.364. The Morgan fingerprint density at radius 2 is 2.29 bits per heavy atom. The van der Waals surface area contributed by atoms with E-state index in [0.29, 0.717) is 6.42 Å². The number of halogens is 1. The molecule has 0 saturated heterocycles. The number of carbonyl (C=O) groups is 1. The number of fused-ring (bicyclic) bond motifs is 3. The molecule has 2 aliphatic carbocycles. The fourth-order valence-electron chi connectivity index (χ4n) is 2.73. The van der Waals surface area contributed by atoms with Crippen LogP contribution in [0, 0.1) is 17.7 Å². The van der Waals surface area contributed by atoms with E-state index in [1.54, 1.807) is 6.07 Å². The average molecular weight is 192 g/mol. The largest absolute Gasteiger partial charge is 0.481 e. The molecule has 0 bridgehead atoms. The first-order chi connectivity index (χ1) is 6.70. The van der Waals surface area contributed by atoms with E-state index in [2.05, 4.69) is 0 Å². The SMILES string of the molecule is O=C(O)[C@@H]1[C@H]2Cc3c(F)cccc3[C@H]21. The molecule has 1 fully saturated rings. The molecule has 1 aromatic carbocycles. The Hall–Kier alpha value is -1.38. The minimum absolute atomic E-state index is 0.0817. The molecule has 3 rings (SSSR count). The lowest BCUT2D eigenvalue weighted by molar-refractivity contribution is -0.139. The van der Waals surface area contributed by atoms with Crippen LogP contribution in [0.4, 0.5) is 4.39 Å². The maximum Gasteiger partial charge on any atom is 0.307 e. The van der Waals surface area contributed by atoms with E-state index in [0.717, 1.165) is 11.1 Å². The van der Waals surface area contributed by atoms with Crippen LogP contribution >= 0.6 is 0 Å². The molecule has 14 heavy (non-hydrogen) atoms. The van der Waals surface area contributed by atoms with Crippen LogP contribution in [0.2, 0.25) is 0 Å². The quantitative estimate of drug-likeness (QED) is 0.736. The van der Waals surface area contributed by atoms with Crippen LogP contribution in [-0.2, 0) is 11.2 Å². The Kier molecular flexibility index (Phi) is 1.34. The monoisotopic (exact) mass is 192 g/mol. The standard InChI is InChI=1S/C11H9FO2/c12-8-3-1-2-5-6(8)4-7-9(5)10(7)11(13)14/h1-3,7,9-10H,4H2,(H,13,14)/t7-,9+,10+/m0/s1. The van der Waals surface area contributed by atoms with Gasteiger partial charge in [-0.3, -0.25) is 4.79 Å². The Morgan fingerprint density at radius 1 is 1.50 bits per heavy atom. The van der Waals surface area contributed by atoms with Crippen LogP contribution in [0.15, 0.2) is 18.2 Å². The van der Waals surface area contributed by atoms with Gasteiger partial charge in [0.05, 0.1) is 5.92 Å². The van der Waals surface area contributed by atoms with Crippen molar-refractivity contribution in [1.29, 1.82) is 0 Å². The summed E-state index contributed by atoms with van der Waals surface area (Å²) in [6, 6.07) is 4.96. The van der Waals surface area contributed by atoms with E-state index in [1.807, 2.05) is 6.07 Å². The third kappa shape index (κ3) is 0.820. The molecule has 3 atom stereocenters. The van der Waals surface area contributed by atoms with Gasteiger partial charge in [0.1, 0.15) is 5.82 Å². The van der Waals surface area contributed by atoms with E-state index in [1.165, 1.54) is 6.07 Å². The van der Waals surface area contributed by atoms with Crippen molar-refractivity contribution in [2.45, 2.75) is 12.3 Å². The normalized spacial score (nSPS) is 32.2. The van der Waals surface area contributed by atoms with Gasteiger partial charge in [-0.2, -0.15) is 0 Å². The van der Waals surface area contributed by atoms with Crippen LogP contribution in [0.25, 0.3) is 0 Å². The van der Waals surface area contributed by atoms with Gasteiger partial charge in [-0.15, -0.1) is 0 Å². The van der Waals surface area contributed by atoms with E-state index in [4.69, 9.17) is 5.11 Å². The maximum atomic E-state index is 13.3. The van der Waals surface area contributed by atoms with Gasteiger partial charge in [0.25, 0.3) is 0 Å². The number of carboxylic acids is 1. The Labute approximate surface area is 80.4 Å². The lowest BCUT2D eigenvalue weighted by Crippen LogP contribution is -2.06. The van der Waals surface area contributed by atoms with Crippen LogP contribution < -0.4 is 0 Å². The van der Waals surface area contributed by atoms with Crippen LogP contribution in [-0.4, -0.2) is 11.1 Å². The summed E-state index contributed by atoms with van der Waals surface area (Å²) >= 11 is 0. The highest BCUT2D eigenvalue weighted by molar-refractivity contribution is 5.77. The highest BCUT2D eigenvalue weighted by Gasteiger charge is 2.60. The summed E-state index contributed by atoms with van der Waals surface area (Å²) in [5.41, 5.74) is 1.66. The zero-order valence-corrected chi connectivity index (χ0v) is 7.40. The van der Waals surface area contributed by atoms with E-state index >= 15 is 0 Å². The molecular formula is C11H9FO2. The molecule has 72 valence electrons. The van der Waals surface area contributed by atoms with Gasteiger partial charge in [0.2, 0.25) is 0 Å². The number of carboxylic acid groups (broad SMARTS) is 1.